The maximum Gasteiger partial charge on any atom is 0.232 e. The summed E-state index contributed by atoms with van der Waals surface area (Å²) in [5.74, 6) is 0.495. The summed E-state index contributed by atoms with van der Waals surface area (Å²) in [5.41, 5.74) is 0. The second-order valence-electron chi connectivity index (χ2n) is 3.76. The molecular formula is C9H18N2OS. The predicted octanol–water partition coefficient (Wildman–Crippen LogP) is 0.469. The van der Waals surface area contributed by atoms with E-state index in [-0.39, 0.29) is 5.91 Å². The molecule has 0 bridgehead atoms. The molecule has 13 heavy (non-hydrogen) atoms. The van der Waals surface area contributed by atoms with E-state index in [4.69, 9.17) is 0 Å². The SMILES string of the molecule is CN(C)C1CCCN(C(=O)CS)C1. The van der Waals surface area contributed by atoms with Crippen LogP contribution in [-0.4, -0.2) is 54.7 Å². The Morgan fingerprint density at radius 3 is 2.85 bits per heavy atom. The quantitative estimate of drug-likeness (QED) is 0.658. The zero-order valence-electron chi connectivity index (χ0n) is 8.36. The van der Waals surface area contributed by atoms with Crippen molar-refractivity contribution in [1.29, 1.82) is 0 Å². The van der Waals surface area contributed by atoms with Gasteiger partial charge in [0.15, 0.2) is 0 Å². The Balaban J connectivity index is 2.46. The largest absolute Gasteiger partial charge is 0.340 e. The Labute approximate surface area is 85.5 Å². The van der Waals surface area contributed by atoms with E-state index < -0.39 is 0 Å². The normalized spacial score (nSPS) is 23.7. The summed E-state index contributed by atoms with van der Waals surface area (Å²) in [6, 6.07) is 0.526. The van der Waals surface area contributed by atoms with Crippen LogP contribution in [-0.2, 0) is 4.79 Å². The van der Waals surface area contributed by atoms with Gasteiger partial charge < -0.3 is 9.80 Å². The fourth-order valence-corrected chi connectivity index (χ4v) is 1.90. The third kappa shape index (κ3) is 2.88. The average Bonchev–Trinajstić information content (AvgIpc) is 2.17. The van der Waals surface area contributed by atoms with Crippen LogP contribution in [0.1, 0.15) is 12.8 Å². The van der Waals surface area contributed by atoms with Gasteiger partial charge in [-0.3, -0.25) is 4.79 Å². The third-order valence-electron chi connectivity index (χ3n) is 2.61. The lowest BCUT2D eigenvalue weighted by Gasteiger charge is -2.35. The second kappa shape index (κ2) is 4.86. The lowest BCUT2D eigenvalue weighted by Crippen LogP contribution is -2.47. The number of hydrogen-bond donors (Lipinski definition) is 1. The highest BCUT2D eigenvalue weighted by Gasteiger charge is 2.23. The molecule has 0 spiro atoms. The Kier molecular flexibility index (Phi) is 4.06. The predicted molar refractivity (Wildman–Crippen MR) is 57.1 cm³/mol. The molecule has 1 aliphatic heterocycles. The lowest BCUT2D eigenvalue weighted by atomic mass is 10.1. The Hall–Kier alpha value is -0.220. The number of nitrogens with zero attached hydrogens (tertiary/aromatic N) is 2. The van der Waals surface area contributed by atoms with Crippen LogP contribution in [0.5, 0.6) is 0 Å². The minimum Gasteiger partial charge on any atom is -0.340 e. The fraction of sp³-hybridized carbons (Fsp3) is 0.889. The molecular weight excluding hydrogens is 184 g/mol. The van der Waals surface area contributed by atoms with Crippen LogP contribution < -0.4 is 0 Å². The fourth-order valence-electron chi connectivity index (χ4n) is 1.70. The molecule has 0 radical (unpaired) electrons. The molecule has 0 saturated carbocycles. The molecule has 0 aromatic carbocycles. The summed E-state index contributed by atoms with van der Waals surface area (Å²) in [6.07, 6.45) is 2.31. The highest BCUT2D eigenvalue weighted by molar-refractivity contribution is 7.81. The molecule has 76 valence electrons. The van der Waals surface area contributed by atoms with E-state index in [0.717, 1.165) is 19.5 Å². The van der Waals surface area contributed by atoms with Gasteiger partial charge in [0, 0.05) is 19.1 Å². The molecule has 1 heterocycles. The number of thiol groups is 1. The van der Waals surface area contributed by atoms with Gasteiger partial charge in [0.05, 0.1) is 5.75 Å². The summed E-state index contributed by atoms with van der Waals surface area (Å²) in [5, 5.41) is 0. The van der Waals surface area contributed by atoms with Gasteiger partial charge >= 0.3 is 0 Å². The number of amides is 1. The molecule has 1 unspecified atom stereocenters. The maximum atomic E-state index is 11.4. The van der Waals surface area contributed by atoms with Crippen LogP contribution in [0.25, 0.3) is 0 Å². The third-order valence-corrected chi connectivity index (χ3v) is 2.89. The zero-order chi connectivity index (χ0) is 9.84. The van der Waals surface area contributed by atoms with Crippen LogP contribution in [0, 0.1) is 0 Å². The number of likely N-dealkylation sites (N-methyl/N-ethyl adjacent to an activating group) is 1. The van der Waals surface area contributed by atoms with Gasteiger partial charge in [-0.25, -0.2) is 0 Å². The van der Waals surface area contributed by atoms with Gasteiger partial charge in [-0.2, -0.15) is 12.6 Å². The summed E-state index contributed by atoms with van der Waals surface area (Å²) >= 11 is 4.00. The van der Waals surface area contributed by atoms with E-state index >= 15 is 0 Å². The summed E-state index contributed by atoms with van der Waals surface area (Å²) in [7, 11) is 4.14. The Morgan fingerprint density at radius 2 is 2.31 bits per heavy atom. The molecule has 0 aromatic rings. The molecule has 0 aliphatic carbocycles. The summed E-state index contributed by atoms with van der Waals surface area (Å²) in [6.45, 7) is 1.77. The topological polar surface area (TPSA) is 23.6 Å². The van der Waals surface area contributed by atoms with E-state index in [1.807, 2.05) is 4.90 Å². The highest BCUT2D eigenvalue weighted by Crippen LogP contribution is 2.13. The van der Waals surface area contributed by atoms with E-state index in [9.17, 15) is 4.79 Å². The number of rotatable bonds is 2. The van der Waals surface area contributed by atoms with E-state index in [1.54, 1.807) is 0 Å². The second-order valence-corrected chi connectivity index (χ2v) is 4.07. The van der Waals surface area contributed by atoms with Gasteiger partial charge in [-0.05, 0) is 26.9 Å². The van der Waals surface area contributed by atoms with Crippen molar-refractivity contribution in [2.45, 2.75) is 18.9 Å². The number of carbonyl (C=O) groups is 1. The number of carbonyl (C=O) groups excluding carboxylic acids is 1. The van der Waals surface area contributed by atoms with Crippen molar-refractivity contribution < 1.29 is 4.79 Å². The monoisotopic (exact) mass is 202 g/mol. The van der Waals surface area contributed by atoms with Gasteiger partial charge in [-0.1, -0.05) is 0 Å². The van der Waals surface area contributed by atoms with Crippen LogP contribution in [0.4, 0.5) is 0 Å². The van der Waals surface area contributed by atoms with Crippen molar-refractivity contribution in [1.82, 2.24) is 9.80 Å². The van der Waals surface area contributed by atoms with Crippen molar-refractivity contribution in [2.75, 3.05) is 32.9 Å². The van der Waals surface area contributed by atoms with Gasteiger partial charge in [0.1, 0.15) is 0 Å². The van der Waals surface area contributed by atoms with Gasteiger partial charge in [-0.15, -0.1) is 0 Å². The highest BCUT2D eigenvalue weighted by atomic mass is 32.1. The summed E-state index contributed by atoms with van der Waals surface area (Å²) in [4.78, 5) is 15.5. The number of piperidine rings is 1. The first kappa shape index (κ1) is 10.9. The molecule has 1 saturated heterocycles. The van der Waals surface area contributed by atoms with Crippen molar-refractivity contribution in [3.05, 3.63) is 0 Å². The van der Waals surface area contributed by atoms with Crippen molar-refractivity contribution in [2.24, 2.45) is 0 Å². The first-order chi connectivity index (χ1) is 6.15. The van der Waals surface area contributed by atoms with Crippen LogP contribution >= 0.6 is 12.6 Å². The maximum absolute atomic E-state index is 11.4. The summed E-state index contributed by atoms with van der Waals surface area (Å²) < 4.78 is 0. The molecule has 0 aromatic heterocycles. The van der Waals surface area contributed by atoms with Crippen molar-refractivity contribution in [3.8, 4) is 0 Å². The van der Waals surface area contributed by atoms with Gasteiger partial charge in [0.2, 0.25) is 5.91 Å². The zero-order valence-corrected chi connectivity index (χ0v) is 9.26. The Morgan fingerprint density at radius 1 is 1.62 bits per heavy atom. The lowest BCUT2D eigenvalue weighted by molar-refractivity contribution is -0.130. The van der Waals surface area contributed by atoms with Crippen molar-refractivity contribution in [3.63, 3.8) is 0 Å². The Bertz CT molecular complexity index is 184. The molecule has 0 N–H and O–H groups in total. The number of hydrogen-bond acceptors (Lipinski definition) is 3. The molecule has 1 fully saturated rings. The van der Waals surface area contributed by atoms with Crippen LogP contribution in [0.3, 0.4) is 0 Å². The van der Waals surface area contributed by atoms with E-state index in [2.05, 4.69) is 31.6 Å². The molecule has 1 aliphatic rings. The molecule has 1 amide bonds. The molecule has 3 nitrogen and oxygen atoms in total. The van der Waals surface area contributed by atoms with Gasteiger partial charge in [0.25, 0.3) is 0 Å². The minimum absolute atomic E-state index is 0.162. The number of likely N-dealkylation sites (tertiary alicyclic amines) is 1. The van der Waals surface area contributed by atoms with Crippen molar-refractivity contribution >= 4 is 18.5 Å². The van der Waals surface area contributed by atoms with E-state index in [0.29, 0.717) is 11.8 Å². The van der Waals surface area contributed by atoms with Crippen LogP contribution in [0.15, 0.2) is 0 Å². The first-order valence-corrected chi connectivity index (χ1v) is 5.33. The standard InChI is InChI=1S/C9H18N2OS/c1-10(2)8-4-3-5-11(6-8)9(12)7-13/h8,13H,3-7H2,1-2H3. The van der Waals surface area contributed by atoms with Crippen LogP contribution in [0.2, 0.25) is 0 Å². The molecule has 1 atom stereocenters. The van der Waals surface area contributed by atoms with E-state index in [1.165, 1.54) is 6.42 Å². The molecule has 1 rings (SSSR count). The first-order valence-electron chi connectivity index (χ1n) is 4.70. The average molecular weight is 202 g/mol. The molecule has 4 heteroatoms. The smallest absolute Gasteiger partial charge is 0.232 e. The minimum atomic E-state index is 0.162.